The molecule has 0 atom stereocenters. The normalized spacial score (nSPS) is 15.6. The van der Waals surface area contributed by atoms with E-state index in [-0.39, 0.29) is 24.1 Å². The molecular formula is C19H22ClN3O2. The summed E-state index contributed by atoms with van der Waals surface area (Å²) < 4.78 is 1.22. The molecule has 2 aromatic rings. The Morgan fingerprint density at radius 1 is 1.08 bits per heavy atom. The van der Waals surface area contributed by atoms with Gasteiger partial charge in [-0.05, 0) is 31.0 Å². The number of hydrogen-bond acceptors (Lipinski definition) is 3. The quantitative estimate of drug-likeness (QED) is 0.851. The van der Waals surface area contributed by atoms with Crippen LogP contribution in [0.1, 0.15) is 38.5 Å². The molecule has 0 spiro atoms. The van der Waals surface area contributed by atoms with Crippen molar-refractivity contribution < 1.29 is 4.79 Å². The Kier molecular flexibility index (Phi) is 5.87. The molecule has 1 heterocycles. The first-order valence-corrected chi connectivity index (χ1v) is 9.13. The minimum atomic E-state index is -0.284. The van der Waals surface area contributed by atoms with Crippen LogP contribution in [0.25, 0.3) is 11.3 Å². The summed E-state index contributed by atoms with van der Waals surface area (Å²) in [5, 5.41) is 8.01. The summed E-state index contributed by atoms with van der Waals surface area (Å²) >= 11 is 5.90. The van der Waals surface area contributed by atoms with Gasteiger partial charge in [0.1, 0.15) is 6.54 Å². The molecule has 132 valence electrons. The van der Waals surface area contributed by atoms with Gasteiger partial charge in [-0.1, -0.05) is 49.4 Å². The van der Waals surface area contributed by atoms with Gasteiger partial charge < -0.3 is 5.32 Å². The van der Waals surface area contributed by atoms with Crippen molar-refractivity contribution in [2.75, 3.05) is 0 Å². The summed E-state index contributed by atoms with van der Waals surface area (Å²) in [5.74, 6) is -0.158. The number of aromatic nitrogens is 2. The highest BCUT2D eigenvalue weighted by Gasteiger charge is 2.15. The number of hydrogen-bond donors (Lipinski definition) is 1. The molecule has 1 amide bonds. The van der Waals surface area contributed by atoms with Gasteiger partial charge in [-0.15, -0.1) is 0 Å². The largest absolute Gasteiger partial charge is 0.352 e. The van der Waals surface area contributed by atoms with E-state index in [4.69, 9.17) is 11.6 Å². The van der Waals surface area contributed by atoms with Gasteiger partial charge in [0.15, 0.2) is 0 Å². The van der Waals surface area contributed by atoms with Gasteiger partial charge in [-0.2, -0.15) is 5.10 Å². The lowest BCUT2D eigenvalue weighted by Crippen LogP contribution is -2.39. The molecule has 0 radical (unpaired) electrons. The van der Waals surface area contributed by atoms with Crippen LogP contribution in [0.2, 0.25) is 5.02 Å². The molecule has 0 saturated heterocycles. The maximum absolute atomic E-state index is 12.3. The zero-order chi connectivity index (χ0) is 17.6. The molecular weight excluding hydrogens is 338 g/mol. The number of rotatable bonds is 4. The predicted octanol–water partition coefficient (Wildman–Crippen LogP) is 3.40. The van der Waals surface area contributed by atoms with Crippen molar-refractivity contribution >= 4 is 17.5 Å². The van der Waals surface area contributed by atoms with Crippen LogP contribution in [-0.2, 0) is 11.3 Å². The summed E-state index contributed by atoms with van der Waals surface area (Å²) in [5.41, 5.74) is 1.20. The molecule has 1 aromatic heterocycles. The van der Waals surface area contributed by atoms with Crippen molar-refractivity contribution in [3.8, 4) is 11.3 Å². The zero-order valence-corrected chi connectivity index (χ0v) is 14.8. The summed E-state index contributed by atoms with van der Waals surface area (Å²) in [6.45, 7) is -0.0588. The lowest BCUT2D eigenvalue weighted by atomic mass is 10.1. The standard InChI is InChI=1S/C19H22ClN3O2/c20-15-9-7-14(8-10-15)17-11-12-19(25)23(22-17)13-18(24)21-16-5-3-1-2-4-6-16/h7-12,16H,1-6,13H2,(H,21,24). The minimum Gasteiger partial charge on any atom is -0.352 e. The number of carbonyl (C=O) groups is 1. The summed E-state index contributed by atoms with van der Waals surface area (Å²) in [4.78, 5) is 24.3. The first kappa shape index (κ1) is 17.7. The number of nitrogens with one attached hydrogen (secondary N) is 1. The van der Waals surface area contributed by atoms with Gasteiger partial charge in [0.2, 0.25) is 5.91 Å². The molecule has 1 fully saturated rings. The van der Waals surface area contributed by atoms with Gasteiger partial charge in [-0.3, -0.25) is 9.59 Å². The van der Waals surface area contributed by atoms with Crippen LogP contribution in [0.3, 0.4) is 0 Å². The molecule has 0 bridgehead atoms. The first-order valence-electron chi connectivity index (χ1n) is 8.75. The molecule has 0 unspecified atom stereocenters. The van der Waals surface area contributed by atoms with E-state index in [9.17, 15) is 9.59 Å². The number of benzene rings is 1. The third-order valence-corrected chi connectivity index (χ3v) is 4.77. The highest BCUT2D eigenvalue weighted by Crippen LogP contribution is 2.19. The third-order valence-electron chi connectivity index (χ3n) is 4.52. The van der Waals surface area contributed by atoms with E-state index in [1.165, 1.54) is 23.6 Å². The van der Waals surface area contributed by atoms with Crippen LogP contribution in [0.5, 0.6) is 0 Å². The average Bonchev–Trinajstić information content (AvgIpc) is 2.86. The van der Waals surface area contributed by atoms with E-state index in [1.807, 2.05) is 12.1 Å². The Labute approximate surface area is 152 Å². The van der Waals surface area contributed by atoms with Gasteiger partial charge >= 0.3 is 0 Å². The SMILES string of the molecule is O=C(Cn1nc(-c2ccc(Cl)cc2)ccc1=O)NC1CCCCCC1. The van der Waals surface area contributed by atoms with Crippen molar-refractivity contribution in [1.29, 1.82) is 0 Å². The first-order chi connectivity index (χ1) is 12.1. The number of carbonyl (C=O) groups excluding carboxylic acids is 1. The smallest absolute Gasteiger partial charge is 0.267 e. The molecule has 0 aliphatic heterocycles. The van der Waals surface area contributed by atoms with Crippen molar-refractivity contribution in [1.82, 2.24) is 15.1 Å². The molecule has 6 heteroatoms. The molecule has 1 saturated carbocycles. The van der Waals surface area contributed by atoms with Crippen molar-refractivity contribution in [2.45, 2.75) is 51.1 Å². The van der Waals surface area contributed by atoms with E-state index in [2.05, 4.69) is 10.4 Å². The molecule has 25 heavy (non-hydrogen) atoms. The van der Waals surface area contributed by atoms with Crippen LogP contribution >= 0.6 is 11.6 Å². The van der Waals surface area contributed by atoms with Gasteiger partial charge in [0.25, 0.3) is 5.56 Å². The Bertz CT molecular complexity index is 778. The lowest BCUT2D eigenvalue weighted by Gasteiger charge is -2.16. The second-order valence-electron chi connectivity index (χ2n) is 6.48. The second kappa shape index (κ2) is 8.30. The summed E-state index contributed by atoms with van der Waals surface area (Å²) in [6.07, 6.45) is 6.79. The fourth-order valence-electron chi connectivity index (χ4n) is 3.17. The highest BCUT2D eigenvalue weighted by molar-refractivity contribution is 6.30. The maximum Gasteiger partial charge on any atom is 0.267 e. The van der Waals surface area contributed by atoms with E-state index < -0.39 is 0 Å². The van der Waals surface area contributed by atoms with E-state index >= 15 is 0 Å². The van der Waals surface area contributed by atoms with Crippen molar-refractivity contribution in [2.24, 2.45) is 0 Å². The molecule has 3 rings (SSSR count). The highest BCUT2D eigenvalue weighted by atomic mass is 35.5. The van der Waals surface area contributed by atoms with Crippen LogP contribution in [0, 0.1) is 0 Å². The number of nitrogens with zero attached hydrogens (tertiary/aromatic N) is 2. The van der Waals surface area contributed by atoms with Crippen LogP contribution in [-0.4, -0.2) is 21.7 Å². The predicted molar refractivity (Wildman–Crippen MR) is 98.6 cm³/mol. The van der Waals surface area contributed by atoms with Crippen LogP contribution in [0.15, 0.2) is 41.2 Å². The lowest BCUT2D eigenvalue weighted by molar-refractivity contribution is -0.122. The Morgan fingerprint density at radius 3 is 2.44 bits per heavy atom. The van der Waals surface area contributed by atoms with Gasteiger partial charge in [-0.25, -0.2) is 4.68 Å². The minimum absolute atomic E-state index is 0.0588. The average molecular weight is 360 g/mol. The molecule has 1 aliphatic carbocycles. The van der Waals surface area contributed by atoms with Crippen molar-refractivity contribution in [3.05, 3.63) is 51.8 Å². The second-order valence-corrected chi connectivity index (χ2v) is 6.91. The molecule has 5 nitrogen and oxygen atoms in total. The van der Waals surface area contributed by atoms with E-state index in [0.29, 0.717) is 10.7 Å². The van der Waals surface area contributed by atoms with Gasteiger partial charge in [0.05, 0.1) is 5.69 Å². The number of amides is 1. The van der Waals surface area contributed by atoms with E-state index in [0.717, 1.165) is 31.2 Å². The molecule has 1 aromatic carbocycles. The van der Waals surface area contributed by atoms with Crippen LogP contribution < -0.4 is 10.9 Å². The molecule has 1 N–H and O–H groups in total. The molecule has 1 aliphatic rings. The fraction of sp³-hybridized carbons (Fsp3) is 0.421. The fourth-order valence-corrected chi connectivity index (χ4v) is 3.30. The Hall–Kier alpha value is -2.14. The maximum atomic E-state index is 12.3. The Balaban J connectivity index is 1.71. The monoisotopic (exact) mass is 359 g/mol. The van der Waals surface area contributed by atoms with Gasteiger partial charge in [0, 0.05) is 22.7 Å². The zero-order valence-electron chi connectivity index (χ0n) is 14.1. The van der Waals surface area contributed by atoms with Crippen LogP contribution in [0.4, 0.5) is 0 Å². The summed E-state index contributed by atoms with van der Waals surface area (Å²) in [7, 11) is 0. The van der Waals surface area contributed by atoms with Crippen molar-refractivity contribution in [3.63, 3.8) is 0 Å². The Morgan fingerprint density at radius 2 is 1.76 bits per heavy atom. The third kappa shape index (κ3) is 4.92. The topological polar surface area (TPSA) is 64.0 Å². The summed E-state index contributed by atoms with van der Waals surface area (Å²) in [6, 6.07) is 10.5. The number of halogens is 1. The van der Waals surface area contributed by atoms with E-state index in [1.54, 1.807) is 18.2 Å².